The lowest BCUT2D eigenvalue weighted by Gasteiger charge is -1.89. The topological polar surface area (TPSA) is 0 Å². The molecule has 1 aliphatic rings. The average Bonchev–Trinajstić information content (AvgIpc) is 2.14. The van der Waals surface area contributed by atoms with Crippen LogP contribution in [-0.4, -0.2) is 0 Å². The molecule has 1 atom stereocenters. The SMILES string of the molecule is C=CC1=C[C@@H](C)CC1. The highest BCUT2D eigenvalue weighted by Gasteiger charge is 2.07. The van der Waals surface area contributed by atoms with Gasteiger partial charge in [-0.05, 0) is 18.8 Å². The molecule has 0 aliphatic heterocycles. The number of hydrogen-bond donors (Lipinski definition) is 0. The first kappa shape index (κ1) is 5.61. The van der Waals surface area contributed by atoms with Crippen LogP contribution >= 0.6 is 0 Å². The Hall–Kier alpha value is -0.520. The van der Waals surface area contributed by atoms with Crippen molar-refractivity contribution < 1.29 is 0 Å². The van der Waals surface area contributed by atoms with E-state index >= 15 is 0 Å². The highest BCUT2D eigenvalue weighted by molar-refractivity contribution is 5.20. The normalized spacial score (nSPS) is 27.6. The van der Waals surface area contributed by atoms with Gasteiger partial charge in [-0.15, -0.1) is 0 Å². The molecule has 0 heteroatoms. The van der Waals surface area contributed by atoms with E-state index in [1.807, 2.05) is 6.08 Å². The summed E-state index contributed by atoms with van der Waals surface area (Å²) in [5.41, 5.74) is 1.43. The van der Waals surface area contributed by atoms with Crippen LogP contribution in [0.3, 0.4) is 0 Å². The maximum atomic E-state index is 3.71. The van der Waals surface area contributed by atoms with Gasteiger partial charge in [0.05, 0.1) is 0 Å². The highest BCUT2D eigenvalue weighted by atomic mass is 14.1. The molecule has 0 fully saturated rings. The van der Waals surface area contributed by atoms with Crippen molar-refractivity contribution in [2.24, 2.45) is 5.92 Å². The van der Waals surface area contributed by atoms with Gasteiger partial charge in [0.1, 0.15) is 0 Å². The number of hydrogen-bond acceptors (Lipinski definition) is 0. The Bertz CT molecular complexity index is 120. The maximum Gasteiger partial charge on any atom is -0.0253 e. The van der Waals surface area contributed by atoms with Crippen LogP contribution in [0, 0.1) is 5.92 Å². The van der Waals surface area contributed by atoms with E-state index in [-0.39, 0.29) is 0 Å². The van der Waals surface area contributed by atoms with Crippen LogP contribution in [0.25, 0.3) is 0 Å². The van der Waals surface area contributed by atoms with Crippen molar-refractivity contribution in [3.8, 4) is 0 Å². The van der Waals surface area contributed by atoms with Crippen molar-refractivity contribution in [1.82, 2.24) is 0 Å². The van der Waals surface area contributed by atoms with Crippen LogP contribution in [0.1, 0.15) is 19.8 Å². The summed E-state index contributed by atoms with van der Waals surface area (Å²) in [6, 6.07) is 0. The summed E-state index contributed by atoms with van der Waals surface area (Å²) >= 11 is 0. The second kappa shape index (κ2) is 2.17. The Labute approximate surface area is 50.9 Å². The second-order valence-electron chi connectivity index (χ2n) is 2.46. The lowest BCUT2D eigenvalue weighted by atomic mass is 10.2. The molecule has 8 heavy (non-hydrogen) atoms. The van der Waals surface area contributed by atoms with Gasteiger partial charge in [-0.3, -0.25) is 0 Å². The van der Waals surface area contributed by atoms with Crippen LogP contribution in [-0.2, 0) is 0 Å². The molecule has 0 nitrogen and oxygen atoms in total. The first-order valence-corrected chi connectivity index (χ1v) is 3.16. The zero-order valence-electron chi connectivity index (χ0n) is 5.35. The molecule has 0 bridgehead atoms. The quantitative estimate of drug-likeness (QED) is 0.484. The van der Waals surface area contributed by atoms with Gasteiger partial charge in [-0.1, -0.05) is 31.2 Å². The van der Waals surface area contributed by atoms with Crippen LogP contribution in [0.2, 0.25) is 0 Å². The predicted molar refractivity (Wildman–Crippen MR) is 36.7 cm³/mol. The Kier molecular flexibility index (Phi) is 1.52. The van der Waals surface area contributed by atoms with Gasteiger partial charge in [0, 0.05) is 0 Å². The summed E-state index contributed by atoms with van der Waals surface area (Å²) in [5, 5.41) is 0. The lowest BCUT2D eigenvalue weighted by Crippen LogP contribution is -1.76. The van der Waals surface area contributed by atoms with Gasteiger partial charge in [0.2, 0.25) is 0 Å². The van der Waals surface area contributed by atoms with Gasteiger partial charge in [0.15, 0.2) is 0 Å². The third-order valence-electron chi connectivity index (χ3n) is 1.65. The molecule has 0 N–H and O–H groups in total. The van der Waals surface area contributed by atoms with Crippen molar-refractivity contribution >= 4 is 0 Å². The fourth-order valence-corrected chi connectivity index (χ4v) is 1.10. The lowest BCUT2D eigenvalue weighted by molar-refractivity contribution is 0.699. The van der Waals surface area contributed by atoms with Gasteiger partial charge in [-0.2, -0.15) is 0 Å². The molecule has 1 aliphatic carbocycles. The molecule has 0 saturated carbocycles. The van der Waals surface area contributed by atoms with E-state index in [9.17, 15) is 0 Å². The number of allylic oxidation sites excluding steroid dienone is 3. The first-order chi connectivity index (χ1) is 3.83. The van der Waals surface area contributed by atoms with E-state index in [1.54, 1.807) is 0 Å². The molecule has 0 saturated heterocycles. The average molecular weight is 108 g/mol. The molecule has 0 aromatic carbocycles. The summed E-state index contributed by atoms with van der Waals surface area (Å²) in [7, 11) is 0. The van der Waals surface area contributed by atoms with Crippen LogP contribution in [0.4, 0.5) is 0 Å². The summed E-state index contributed by atoms with van der Waals surface area (Å²) in [6.45, 7) is 5.96. The van der Waals surface area contributed by atoms with Crippen molar-refractivity contribution in [3.63, 3.8) is 0 Å². The largest absolute Gasteiger partial charge is 0.0988 e. The number of rotatable bonds is 1. The minimum absolute atomic E-state index is 0.794. The predicted octanol–water partition coefficient (Wildman–Crippen LogP) is 2.53. The molecule has 0 aromatic rings. The highest BCUT2D eigenvalue weighted by Crippen LogP contribution is 2.23. The van der Waals surface area contributed by atoms with Crippen LogP contribution in [0.15, 0.2) is 24.3 Å². The van der Waals surface area contributed by atoms with Crippen LogP contribution in [0.5, 0.6) is 0 Å². The zero-order chi connectivity index (χ0) is 5.98. The Balaban J connectivity index is 2.56. The van der Waals surface area contributed by atoms with E-state index in [2.05, 4.69) is 19.6 Å². The Morgan fingerprint density at radius 3 is 2.88 bits per heavy atom. The monoisotopic (exact) mass is 108 g/mol. The molecule has 0 radical (unpaired) electrons. The molecular formula is C8H12. The second-order valence-corrected chi connectivity index (χ2v) is 2.46. The third kappa shape index (κ3) is 1.00. The van der Waals surface area contributed by atoms with E-state index in [4.69, 9.17) is 0 Å². The summed E-state index contributed by atoms with van der Waals surface area (Å²) in [4.78, 5) is 0. The zero-order valence-corrected chi connectivity index (χ0v) is 5.35. The third-order valence-corrected chi connectivity index (χ3v) is 1.65. The van der Waals surface area contributed by atoms with Crippen molar-refractivity contribution in [2.75, 3.05) is 0 Å². The van der Waals surface area contributed by atoms with Crippen molar-refractivity contribution in [3.05, 3.63) is 24.3 Å². The van der Waals surface area contributed by atoms with Gasteiger partial charge in [-0.25, -0.2) is 0 Å². The molecule has 0 amide bonds. The summed E-state index contributed by atoms with van der Waals surface area (Å²) in [5.74, 6) is 0.794. The fraction of sp³-hybridized carbons (Fsp3) is 0.500. The molecule has 0 heterocycles. The smallest absolute Gasteiger partial charge is 0.0253 e. The van der Waals surface area contributed by atoms with Gasteiger partial charge < -0.3 is 0 Å². The summed E-state index contributed by atoms with van der Waals surface area (Å²) < 4.78 is 0. The molecule has 1 rings (SSSR count). The van der Waals surface area contributed by atoms with E-state index in [0.717, 1.165) is 5.92 Å². The molecule has 0 unspecified atom stereocenters. The van der Waals surface area contributed by atoms with E-state index < -0.39 is 0 Å². The summed E-state index contributed by atoms with van der Waals surface area (Å²) in [6.07, 6.45) is 6.82. The fourth-order valence-electron chi connectivity index (χ4n) is 1.10. The minimum Gasteiger partial charge on any atom is -0.0988 e. The molecule has 0 aromatic heterocycles. The van der Waals surface area contributed by atoms with Gasteiger partial charge in [0.25, 0.3) is 0 Å². The first-order valence-electron chi connectivity index (χ1n) is 3.16. The molecule has 0 spiro atoms. The minimum atomic E-state index is 0.794. The van der Waals surface area contributed by atoms with Crippen LogP contribution < -0.4 is 0 Å². The van der Waals surface area contributed by atoms with Crippen molar-refractivity contribution in [2.45, 2.75) is 19.8 Å². The Morgan fingerprint density at radius 1 is 1.88 bits per heavy atom. The standard InChI is InChI=1S/C8H12/c1-3-8-5-4-7(2)6-8/h3,6-7H,1,4-5H2,2H3/t7-/m0/s1. The maximum absolute atomic E-state index is 3.71. The molecule has 44 valence electrons. The Morgan fingerprint density at radius 2 is 2.62 bits per heavy atom. The van der Waals surface area contributed by atoms with Gasteiger partial charge >= 0.3 is 0 Å². The van der Waals surface area contributed by atoms with E-state index in [0.29, 0.717) is 0 Å². The van der Waals surface area contributed by atoms with E-state index in [1.165, 1.54) is 18.4 Å². The molecular weight excluding hydrogens is 96.1 g/mol. The van der Waals surface area contributed by atoms with Crippen molar-refractivity contribution in [1.29, 1.82) is 0 Å².